The summed E-state index contributed by atoms with van der Waals surface area (Å²) in [5.74, 6) is 0. The highest BCUT2D eigenvalue weighted by Gasteiger charge is 2.36. The van der Waals surface area contributed by atoms with Gasteiger partial charge in [-0.05, 0) is 53.2 Å². The van der Waals surface area contributed by atoms with Gasteiger partial charge in [-0.25, -0.2) is 0 Å². The van der Waals surface area contributed by atoms with Gasteiger partial charge in [-0.2, -0.15) is 5.10 Å². The van der Waals surface area contributed by atoms with Crippen LogP contribution in [0.25, 0.3) is 0 Å². The molecule has 1 aliphatic rings. The number of aryl methyl sites for hydroxylation is 3. The predicted octanol–water partition coefficient (Wildman–Crippen LogP) is 3.27. The molecule has 1 atom stereocenters. The Kier molecular flexibility index (Phi) is 3.93. The Bertz CT molecular complexity index is 662. The fraction of sp³-hybridized carbons (Fsp3) is 0.471. The van der Waals surface area contributed by atoms with Crippen molar-refractivity contribution in [1.29, 1.82) is 0 Å². The summed E-state index contributed by atoms with van der Waals surface area (Å²) in [6.45, 7) is 2.72. The molecule has 0 spiro atoms. The molecule has 0 bridgehead atoms. The molecule has 3 nitrogen and oxygen atoms in total. The molecule has 112 valence electrons. The summed E-state index contributed by atoms with van der Waals surface area (Å²) in [5.41, 5.74) is 11.5. The standard InChI is InChI=1S/C17H22BrN3/c1-12-16(18)15(21(2)20-12)10-17(11-19)9-5-7-13-6-3-4-8-14(13)17/h3-4,6,8H,5,7,9-11,19H2,1-2H3. The highest BCUT2D eigenvalue weighted by atomic mass is 79.9. The molecule has 0 fully saturated rings. The van der Waals surface area contributed by atoms with Crippen molar-refractivity contribution in [2.24, 2.45) is 12.8 Å². The van der Waals surface area contributed by atoms with E-state index in [1.807, 2.05) is 18.7 Å². The molecule has 0 aliphatic heterocycles. The average molecular weight is 348 g/mol. The number of hydrogen-bond acceptors (Lipinski definition) is 2. The summed E-state index contributed by atoms with van der Waals surface area (Å²) in [6, 6.07) is 8.79. The van der Waals surface area contributed by atoms with E-state index in [2.05, 4.69) is 45.3 Å². The highest BCUT2D eigenvalue weighted by Crippen LogP contribution is 2.40. The number of nitrogens with zero attached hydrogens (tertiary/aromatic N) is 2. The summed E-state index contributed by atoms with van der Waals surface area (Å²) in [4.78, 5) is 0. The first-order valence-corrected chi connectivity index (χ1v) is 8.33. The maximum atomic E-state index is 6.26. The number of aromatic nitrogens is 2. The average Bonchev–Trinajstić information content (AvgIpc) is 2.74. The minimum Gasteiger partial charge on any atom is -0.330 e. The van der Waals surface area contributed by atoms with Gasteiger partial charge < -0.3 is 5.73 Å². The SMILES string of the molecule is Cc1nn(C)c(CC2(CN)CCCc3ccccc32)c1Br. The molecule has 2 aromatic rings. The van der Waals surface area contributed by atoms with Crippen molar-refractivity contribution in [2.75, 3.05) is 6.54 Å². The van der Waals surface area contributed by atoms with E-state index in [9.17, 15) is 0 Å². The van der Waals surface area contributed by atoms with Crippen molar-refractivity contribution in [2.45, 2.75) is 38.0 Å². The molecular formula is C17H22BrN3. The zero-order chi connectivity index (χ0) is 15.0. The molecule has 1 aromatic carbocycles. The predicted molar refractivity (Wildman–Crippen MR) is 89.5 cm³/mol. The fourth-order valence-electron chi connectivity index (χ4n) is 3.67. The van der Waals surface area contributed by atoms with Crippen LogP contribution in [0.4, 0.5) is 0 Å². The molecule has 2 N–H and O–H groups in total. The Labute approximate surface area is 134 Å². The molecule has 21 heavy (non-hydrogen) atoms. The lowest BCUT2D eigenvalue weighted by Crippen LogP contribution is -2.41. The van der Waals surface area contributed by atoms with Crippen LogP contribution in [0.5, 0.6) is 0 Å². The third-order valence-corrected chi connectivity index (χ3v) is 5.88. The van der Waals surface area contributed by atoms with Gasteiger partial charge in [0.1, 0.15) is 0 Å². The van der Waals surface area contributed by atoms with Crippen LogP contribution < -0.4 is 5.73 Å². The second-order valence-electron chi connectivity index (χ2n) is 6.14. The van der Waals surface area contributed by atoms with Gasteiger partial charge >= 0.3 is 0 Å². The topological polar surface area (TPSA) is 43.8 Å². The highest BCUT2D eigenvalue weighted by molar-refractivity contribution is 9.10. The van der Waals surface area contributed by atoms with Gasteiger partial charge in [-0.3, -0.25) is 4.68 Å². The van der Waals surface area contributed by atoms with Crippen molar-refractivity contribution in [1.82, 2.24) is 9.78 Å². The minimum atomic E-state index is 0.0393. The number of fused-ring (bicyclic) bond motifs is 1. The summed E-state index contributed by atoms with van der Waals surface area (Å²) in [5, 5.41) is 4.53. The zero-order valence-corrected chi connectivity index (χ0v) is 14.3. The van der Waals surface area contributed by atoms with Gasteiger partial charge in [-0.15, -0.1) is 0 Å². The Balaban J connectivity index is 2.06. The Morgan fingerprint density at radius 3 is 2.81 bits per heavy atom. The molecule has 0 saturated carbocycles. The molecule has 0 radical (unpaired) electrons. The van der Waals surface area contributed by atoms with Crippen LogP contribution in [0, 0.1) is 6.92 Å². The monoisotopic (exact) mass is 347 g/mol. The van der Waals surface area contributed by atoms with Gasteiger partial charge in [-0.1, -0.05) is 24.3 Å². The number of benzene rings is 1. The Morgan fingerprint density at radius 1 is 1.38 bits per heavy atom. The maximum absolute atomic E-state index is 6.26. The lowest BCUT2D eigenvalue weighted by atomic mass is 9.67. The first kappa shape index (κ1) is 14.8. The van der Waals surface area contributed by atoms with E-state index in [4.69, 9.17) is 5.73 Å². The van der Waals surface area contributed by atoms with Crippen LogP contribution in [0.15, 0.2) is 28.7 Å². The third kappa shape index (κ3) is 2.44. The minimum absolute atomic E-state index is 0.0393. The van der Waals surface area contributed by atoms with E-state index in [0.717, 1.165) is 23.0 Å². The number of hydrogen-bond donors (Lipinski definition) is 1. The lowest BCUT2D eigenvalue weighted by molar-refractivity contribution is 0.357. The molecule has 1 heterocycles. The van der Waals surface area contributed by atoms with Crippen LogP contribution in [0.2, 0.25) is 0 Å². The first-order chi connectivity index (χ1) is 10.1. The molecule has 1 aromatic heterocycles. The summed E-state index contributed by atoms with van der Waals surface area (Å²) in [7, 11) is 2.02. The normalized spacial score (nSPS) is 21.3. The smallest absolute Gasteiger partial charge is 0.0738 e. The van der Waals surface area contributed by atoms with Crippen LogP contribution >= 0.6 is 15.9 Å². The number of nitrogens with two attached hydrogens (primary N) is 1. The van der Waals surface area contributed by atoms with Gasteiger partial charge in [0.25, 0.3) is 0 Å². The molecule has 1 unspecified atom stereocenters. The van der Waals surface area contributed by atoms with Crippen molar-refractivity contribution >= 4 is 15.9 Å². The number of halogens is 1. The third-order valence-electron chi connectivity index (χ3n) is 4.85. The van der Waals surface area contributed by atoms with Crippen LogP contribution in [0.1, 0.15) is 35.4 Å². The van der Waals surface area contributed by atoms with E-state index < -0.39 is 0 Å². The van der Waals surface area contributed by atoms with Crippen LogP contribution in [0.3, 0.4) is 0 Å². The number of rotatable bonds is 3. The second kappa shape index (κ2) is 5.58. The quantitative estimate of drug-likeness (QED) is 0.925. The molecule has 3 rings (SSSR count). The summed E-state index contributed by atoms with van der Waals surface area (Å²) in [6.07, 6.45) is 4.47. The molecule has 0 saturated heterocycles. The van der Waals surface area contributed by atoms with Gasteiger partial charge in [0.2, 0.25) is 0 Å². The van der Waals surface area contributed by atoms with Crippen LogP contribution in [-0.4, -0.2) is 16.3 Å². The van der Waals surface area contributed by atoms with Gasteiger partial charge in [0.05, 0.1) is 15.9 Å². The summed E-state index contributed by atoms with van der Waals surface area (Å²) < 4.78 is 3.12. The Hall–Kier alpha value is -1.13. The van der Waals surface area contributed by atoms with Gasteiger partial charge in [0, 0.05) is 25.4 Å². The van der Waals surface area contributed by atoms with Gasteiger partial charge in [0.15, 0.2) is 0 Å². The van der Waals surface area contributed by atoms with Crippen molar-refractivity contribution in [3.8, 4) is 0 Å². The lowest BCUT2D eigenvalue weighted by Gasteiger charge is -2.38. The van der Waals surface area contributed by atoms with E-state index >= 15 is 0 Å². The largest absolute Gasteiger partial charge is 0.330 e. The molecular weight excluding hydrogens is 326 g/mol. The molecule has 0 amide bonds. The van der Waals surface area contributed by atoms with E-state index in [-0.39, 0.29) is 5.41 Å². The van der Waals surface area contributed by atoms with E-state index in [1.54, 1.807) is 0 Å². The van der Waals surface area contributed by atoms with E-state index in [1.165, 1.54) is 29.7 Å². The zero-order valence-electron chi connectivity index (χ0n) is 12.7. The van der Waals surface area contributed by atoms with E-state index in [0.29, 0.717) is 6.54 Å². The first-order valence-electron chi connectivity index (χ1n) is 7.54. The second-order valence-corrected chi connectivity index (χ2v) is 6.93. The van der Waals surface area contributed by atoms with Crippen molar-refractivity contribution in [3.05, 3.63) is 51.3 Å². The van der Waals surface area contributed by atoms with Crippen LogP contribution in [-0.2, 0) is 25.3 Å². The molecule has 1 aliphatic carbocycles. The van der Waals surface area contributed by atoms with Crippen molar-refractivity contribution in [3.63, 3.8) is 0 Å². The maximum Gasteiger partial charge on any atom is 0.0738 e. The van der Waals surface area contributed by atoms with Crippen molar-refractivity contribution < 1.29 is 0 Å². The fourth-order valence-corrected chi connectivity index (χ4v) is 4.14. The Morgan fingerprint density at radius 2 is 2.14 bits per heavy atom. The molecule has 4 heteroatoms. The summed E-state index contributed by atoms with van der Waals surface area (Å²) >= 11 is 3.70.